The monoisotopic (exact) mass is 442 g/mol. The first-order valence-corrected chi connectivity index (χ1v) is 10.3. The van der Waals surface area contributed by atoms with Gasteiger partial charge in [0, 0.05) is 16.5 Å². The Hall–Kier alpha value is 1.55. The van der Waals surface area contributed by atoms with E-state index in [2.05, 4.69) is 39.1 Å². The molecule has 0 aromatic carbocycles. The van der Waals surface area contributed by atoms with Crippen molar-refractivity contribution in [3.05, 3.63) is 18.3 Å². The summed E-state index contributed by atoms with van der Waals surface area (Å²) in [6.45, 7) is 8.05. The third kappa shape index (κ3) is 21.6. The van der Waals surface area contributed by atoms with Crippen LogP contribution in [0.3, 0.4) is 0 Å². The molecule has 0 rings (SSSR count). The molecule has 0 aliphatic carbocycles. The predicted molar refractivity (Wildman–Crippen MR) is 110 cm³/mol. The quantitative estimate of drug-likeness (QED) is 0.270. The molecule has 0 bridgehead atoms. The van der Waals surface area contributed by atoms with Gasteiger partial charge >= 0.3 is 0 Å². The van der Waals surface area contributed by atoms with Crippen LogP contribution in [-0.2, 0) is 67.0 Å². The molecule has 0 unspecified atom stereocenters. The zero-order valence-corrected chi connectivity index (χ0v) is 18.9. The standard InChI is InChI=1S/C10H20S4.C4H8S2.Ni/c1-3-5-7-13-9(11)10(12)14-8-6-4-2;1-3(5)4(2)6;/h11-12H,3-8H2,1-2H3;5-6H,1-2H3;/p-4/b10-9-;4-3-;. The van der Waals surface area contributed by atoms with E-state index in [1.54, 1.807) is 23.5 Å². The number of unbranched alkanes of at least 4 members (excludes halogenated alkanes) is 2. The van der Waals surface area contributed by atoms with Gasteiger partial charge in [-0.05, 0) is 24.3 Å². The third-order valence-electron chi connectivity index (χ3n) is 2.12. The van der Waals surface area contributed by atoms with Crippen LogP contribution in [0.5, 0.6) is 0 Å². The molecule has 0 nitrogen and oxygen atoms in total. The van der Waals surface area contributed by atoms with Gasteiger partial charge in [-0.1, -0.05) is 40.5 Å². The summed E-state index contributed by atoms with van der Waals surface area (Å²) in [7, 11) is 0. The van der Waals surface area contributed by atoms with Crippen molar-refractivity contribution >= 4 is 74.0 Å². The molecule has 0 fully saturated rings. The maximum atomic E-state index is 5.24. The summed E-state index contributed by atoms with van der Waals surface area (Å²) < 4.78 is 1.85. The fourth-order valence-corrected chi connectivity index (χ4v) is 3.42. The summed E-state index contributed by atoms with van der Waals surface area (Å²) in [5, 5.41) is 0. The van der Waals surface area contributed by atoms with Gasteiger partial charge < -0.3 is 50.5 Å². The van der Waals surface area contributed by atoms with Gasteiger partial charge in [0.2, 0.25) is 0 Å². The van der Waals surface area contributed by atoms with Gasteiger partial charge in [-0.3, -0.25) is 0 Å². The van der Waals surface area contributed by atoms with E-state index >= 15 is 0 Å². The first-order valence-electron chi connectivity index (χ1n) is 6.72. The Morgan fingerprint density at radius 2 is 1.00 bits per heavy atom. The van der Waals surface area contributed by atoms with Gasteiger partial charge in [0.15, 0.2) is 0 Å². The Morgan fingerprint density at radius 3 is 1.19 bits per heavy atom. The number of rotatable bonds is 8. The predicted octanol–water partition coefficient (Wildman–Crippen LogP) is 5.60. The molecule has 0 N–H and O–H groups in total. The van der Waals surface area contributed by atoms with Crippen LogP contribution in [0.25, 0.3) is 0 Å². The minimum Gasteiger partial charge on any atom is -0.786 e. The summed E-state index contributed by atoms with van der Waals surface area (Å²) in [4.78, 5) is 1.65. The van der Waals surface area contributed by atoms with E-state index < -0.39 is 0 Å². The minimum atomic E-state index is 0. The van der Waals surface area contributed by atoms with Crippen molar-refractivity contribution in [2.24, 2.45) is 0 Å². The smallest absolute Gasteiger partial charge is 0 e. The van der Waals surface area contributed by atoms with E-state index in [0.29, 0.717) is 0 Å². The molecule has 0 radical (unpaired) electrons. The van der Waals surface area contributed by atoms with Gasteiger partial charge in [0.05, 0.1) is 0 Å². The molecule has 21 heavy (non-hydrogen) atoms. The van der Waals surface area contributed by atoms with Crippen LogP contribution < -0.4 is 0 Å². The Morgan fingerprint density at radius 1 is 0.714 bits per heavy atom. The number of hydrogen-bond acceptors (Lipinski definition) is 6. The number of hydrogen-bond donors (Lipinski definition) is 0. The summed E-state index contributed by atoms with van der Waals surface area (Å²) in [6, 6.07) is 0. The van der Waals surface area contributed by atoms with E-state index in [4.69, 9.17) is 25.3 Å². The maximum Gasteiger partial charge on any atom is 0 e. The zero-order chi connectivity index (χ0) is 16.0. The second-order valence-electron chi connectivity index (χ2n) is 4.09. The average molecular weight is 443 g/mol. The van der Waals surface area contributed by atoms with Crippen molar-refractivity contribution in [3.8, 4) is 0 Å². The van der Waals surface area contributed by atoms with Crippen LogP contribution in [0.4, 0.5) is 0 Å². The Bertz CT molecular complexity index is 266. The van der Waals surface area contributed by atoms with Crippen molar-refractivity contribution < 1.29 is 16.5 Å². The summed E-state index contributed by atoms with van der Waals surface area (Å²) >= 11 is 23.3. The van der Waals surface area contributed by atoms with Crippen LogP contribution >= 0.6 is 23.5 Å². The molecule has 0 atom stereocenters. The zero-order valence-electron chi connectivity index (χ0n) is 13.0. The van der Waals surface area contributed by atoms with E-state index in [-0.39, 0.29) is 16.5 Å². The maximum absolute atomic E-state index is 5.24. The summed E-state index contributed by atoms with van der Waals surface area (Å²) in [5.74, 6) is 2.23. The van der Waals surface area contributed by atoms with Gasteiger partial charge in [0.1, 0.15) is 0 Å². The first-order chi connectivity index (χ1) is 9.36. The fraction of sp³-hybridized carbons (Fsp3) is 0.714. The van der Waals surface area contributed by atoms with Crippen molar-refractivity contribution in [1.82, 2.24) is 0 Å². The van der Waals surface area contributed by atoms with Crippen molar-refractivity contribution in [1.29, 1.82) is 0 Å². The molecule has 0 saturated carbocycles. The molecular formula is C14H24NiS6-4. The van der Waals surface area contributed by atoms with Crippen LogP contribution in [0.15, 0.2) is 18.3 Å². The molecule has 7 heteroatoms. The van der Waals surface area contributed by atoms with E-state index in [0.717, 1.165) is 29.8 Å². The van der Waals surface area contributed by atoms with Gasteiger partial charge in [0.25, 0.3) is 0 Å². The molecule has 0 saturated heterocycles. The number of allylic oxidation sites excluding steroid dienone is 2. The van der Waals surface area contributed by atoms with Crippen LogP contribution in [-0.4, -0.2) is 11.5 Å². The SMILES string of the molecule is C/C([S-])=C(\C)[S-].CCCCS/C([S-])=C(/[S-])SCCCC.[Ni]. The number of thioether (sulfide) groups is 2. The summed E-state index contributed by atoms with van der Waals surface area (Å²) in [5.41, 5.74) is 0. The van der Waals surface area contributed by atoms with Gasteiger partial charge in [-0.25, -0.2) is 9.81 Å². The topological polar surface area (TPSA) is 0 Å². The molecular weight excluding hydrogens is 419 g/mol. The van der Waals surface area contributed by atoms with Crippen LogP contribution in [0, 0.1) is 0 Å². The van der Waals surface area contributed by atoms with E-state index in [9.17, 15) is 0 Å². The third-order valence-corrected chi connectivity index (χ3v) is 6.42. The van der Waals surface area contributed by atoms with Crippen LogP contribution in [0.1, 0.15) is 53.4 Å². The molecule has 0 spiro atoms. The van der Waals surface area contributed by atoms with E-state index in [1.165, 1.54) is 25.7 Å². The molecule has 0 aliphatic heterocycles. The van der Waals surface area contributed by atoms with Crippen molar-refractivity contribution in [2.45, 2.75) is 53.4 Å². The average Bonchev–Trinajstić information content (AvgIpc) is 2.39. The fourth-order valence-electron chi connectivity index (χ4n) is 0.736. The Kier molecular flexibility index (Phi) is 25.6. The second kappa shape index (κ2) is 19.6. The Balaban J connectivity index is -0.000000394. The van der Waals surface area contributed by atoms with Gasteiger partial charge in [-0.2, -0.15) is 32.0 Å². The van der Waals surface area contributed by atoms with Crippen LogP contribution in [0.2, 0.25) is 0 Å². The molecule has 0 heterocycles. The molecule has 0 aliphatic rings. The molecule has 0 aromatic heterocycles. The molecule has 0 aromatic rings. The normalized spacial score (nSPS) is 12.4. The van der Waals surface area contributed by atoms with Crippen molar-refractivity contribution in [2.75, 3.05) is 11.5 Å². The molecule has 0 amide bonds. The minimum absolute atomic E-state index is 0. The van der Waals surface area contributed by atoms with Crippen molar-refractivity contribution in [3.63, 3.8) is 0 Å². The largest absolute Gasteiger partial charge is 0.786 e. The molecule has 130 valence electrons. The van der Waals surface area contributed by atoms with E-state index in [1.807, 2.05) is 13.8 Å². The first kappa shape index (κ1) is 27.4. The summed E-state index contributed by atoms with van der Waals surface area (Å²) in [6.07, 6.45) is 4.91. The second-order valence-corrected chi connectivity index (χ2v) is 8.86. The Labute approximate surface area is 172 Å². The van der Waals surface area contributed by atoms with Gasteiger partial charge in [-0.15, -0.1) is 0 Å².